The quantitative estimate of drug-likeness (QED) is 0.382. The monoisotopic (exact) mass is 594 g/mol. The fourth-order valence-electron chi connectivity index (χ4n) is 5.98. The van der Waals surface area contributed by atoms with Crippen molar-refractivity contribution in [1.82, 2.24) is 24.9 Å². The third kappa shape index (κ3) is 7.07. The molecule has 4 heterocycles. The number of aromatic nitrogens is 2. The number of benzene rings is 1. The van der Waals surface area contributed by atoms with Crippen LogP contribution in [0, 0.1) is 5.92 Å². The van der Waals surface area contributed by atoms with Crippen molar-refractivity contribution < 1.29 is 27.9 Å². The van der Waals surface area contributed by atoms with E-state index in [2.05, 4.69) is 10.2 Å². The Morgan fingerprint density at radius 1 is 1.15 bits per heavy atom. The van der Waals surface area contributed by atoms with Crippen molar-refractivity contribution in [2.45, 2.75) is 62.4 Å². The number of likely N-dealkylation sites (tertiary alicyclic amines) is 2. The van der Waals surface area contributed by atoms with Gasteiger partial charge in [-0.05, 0) is 50.9 Å². The highest BCUT2D eigenvalue weighted by Crippen LogP contribution is 2.40. The maximum Gasteiger partial charge on any atom is 0.417 e. The van der Waals surface area contributed by atoms with Gasteiger partial charge in [0.05, 0.1) is 29.7 Å². The minimum Gasteiger partial charge on any atom is -0.390 e. The summed E-state index contributed by atoms with van der Waals surface area (Å²) < 4.78 is 43.5. The molecule has 224 valence electrons. The molecule has 9 nitrogen and oxygen atoms in total. The normalized spacial score (nSPS) is 19.4. The average molecular weight is 595 g/mol. The van der Waals surface area contributed by atoms with Crippen LogP contribution in [0.15, 0.2) is 23.1 Å². The van der Waals surface area contributed by atoms with Crippen LogP contribution in [0.25, 0.3) is 11.3 Å². The average Bonchev–Trinajstić information content (AvgIpc) is 3.60. The van der Waals surface area contributed by atoms with Crippen LogP contribution in [0.3, 0.4) is 0 Å². The SMILES string of the molecule is NC(=O)C1CCN(CC(O)Cn2nc(-c3ccc(C(F)(F)F)c(SCC(=O)N4CCCC4)c3)c3c2CCNC3)CC1. The number of thioether (sulfide) groups is 1. The Morgan fingerprint density at radius 2 is 1.88 bits per heavy atom. The number of aliphatic hydroxyl groups excluding tert-OH is 1. The number of hydrogen-bond acceptors (Lipinski definition) is 7. The molecule has 1 aromatic heterocycles. The number of nitrogens with one attached hydrogen (secondary N) is 1. The number of carbonyl (C=O) groups excluding carboxylic acids is 2. The second-order valence-electron chi connectivity index (χ2n) is 11.1. The van der Waals surface area contributed by atoms with Crippen LogP contribution in [0.5, 0.6) is 0 Å². The van der Waals surface area contributed by atoms with E-state index in [1.165, 1.54) is 12.1 Å². The second kappa shape index (κ2) is 12.7. The first-order chi connectivity index (χ1) is 19.6. The predicted molar refractivity (Wildman–Crippen MR) is 149 cm³/mol. The standard InChI is InChI=1S/C28H37F3N6O3S/c29-28(30,31)22-4-3-19(13-24(22)41-17-25(39)36-9-1-2-10-36)26-21-14-33-8-5-23(21)37(34-26)16-20(38)15-35-11-6-18(7-12-35)27(32)40/h3-4,13,18,20,33,38H,1-2,5-12,14-17H2,(H2,32,40). The Morgan fingerprint density at radius 3 is 2.56 bits per heavy atom. The summed E-state index contributed by atoms with van der Waals surface area (Å²) in [7, 11) is 0. The van der Waals surface area contributed by atoms with Crippen LogP contribution in [0.2, 0.25) is 0 Å². The van der Waals surface area contributed by atoms with E-state index < -0.39 is 17.8 Å². The first-order valence-electron chi connectivity index (χ1n) is 14.2. The van der Waals surface area contributed by atoms with Crippen LogP contribution in [-0.2, 0) is 35.3 Å². The molecule has 3 aliphatic heterocycles. The van der Waals surface area contributed by atoms with Gasteiger partial charge in [0.25, 0.3) is 0 Å². The van der Waals surface area contributed by atoms with Crippen LogP contribution >= 0.6 is 11.8 Å². The molecular formula is C28H37F3N6O3S. The van der Waals surface area contributed by atoms with E-state index in [4.69, 9.17) is 10.8 Å². The number of rotatable bonds is 9. The fraction of sp³-hybridized carbons (Fsp3) is 0.607. The van der Waals surface area contributed by atoms with Gasteiger partial charge in [-0.15, -0.1) is 11.8 Å². The van der Waals surface area contributed by atoms with Gasteiger partial charge in [0.1, 0.15) is 0 Å². The molecule has 4 N–H and O–H groups in total. The highest BCUT2D eigenvalue weighted by atomic mass is 32.2. The smallest absolute Gasteiger partial charge is 0.390 e. The van der Waals surface area contributed by atoms with Gasteiger partial charge in [-0.3, -0.25) is 14.3 Å². The first-order valence-corrected chi connectivity index (χ1v) is 15.2. The molecule has 0 spiro atoms. The van der Waals surface area contributed by atoms with E-state index >= 15 is 0 Å². The van der Waals surface area contributed by atoms with Gasteiger partial charge >= 0.3 is 6.18 Å². The van der Waals surface area contributed by atoms with Gasteiger partial charge in [0.15, 0.2) is 0 Å². The third-order valence-corrected chi connectivity index (χ3v) is 9.26. The number of hydrogen-bond donors (Lipinski definition) is 3. The van der Waals surface area contributed by atoms with Crippen molar-refractivity contribution in [3.05, 3.63) is 35.0 Å². The molecular weight excluding hydrogens is 557 g/mol. The Kier molecular flexibility index (Phi) is 9.27. The van der Waals surface area contributed by atoms with E-state index in [1.54, 1.807) is 9.58 Å². The molecule has 1 unspecified atom stereocenters. The summed E-state index contributed by atoms with van der Waals surface area (Å²) >= 11 is 0.918. The minimum absolute atomic E-state index is 0.00835. The number of nitrogens with zero attached hydrogens (tertiary/aromatic N) is 4. The lowest BCUT2D eigenvalue weighted by atomic mass is 9.96. The summed E-state index contributed by atoms with van der Waals surface area (Å²) in [5, 5.41) is 19.0. The zero-order chi connectivity index (χ0) is 29.1. The first kappa shape index (κ1) is 29.9. The molecule has 1 atom stereocenters. The Bertz CT molecular complexity index is 1260. The molecule has 13 heteroatoms. The summed E-state index contributed by atoms with van der Waals surface area (Å²) in [6, 6.07) is 4.01. The molecule has 2 saturated heterocycles. The van der Waals surface area contributed by atoms with Gasteiger partial charge in [0, 0.05) is 66.8 Å². The molecule has 5 rings (SSSR count). The van der Waals surface area contributed by atoms with Crippen molar-refractivity contribution in [1.29, 1.82) is 0 Å². The van der Waals surface area contributed by atoms with E-state index in [1.807, 2.05) is 0 Å². The van der Waals surface area contributed by atoms with E-state index in [0.29, 0.717) is 69.8 Å². The number of β-amino-alcohol motifs (C(OH)–C–C–N with tert-alkyl or cyclic N) is 1. The van der Waals surface area contributed by atoms with Gasteiger partial charge < -0.3 is 26.0 Å². The van der Waals surface area contributed by atoms with Crippen molar-refractivity contribution in [3.63, 3.8) is 0 Å². The summed E-state index contributed by atoms with van der Waals surface area (Å²) in [6.45, 7) is 4.62. The van der Waals surface area contributed by atoms with Crippen molar-refractivity contribution in [3.8, 4) is 11.3 Å². The highest BCUT2D eigenvalue weighted by molar-refractivity contribution is 8.00. The minimum atomic E-state index is -4.55. The zero-order valence-corrected chi connectivity index (χ0v) is 23.8. The van der Waals surface area contributed by atoms with Crippen LogP contribution < -0.4 is 11.1 Å². The Hall–Kier alpha value is -2.61. The Balaban J connectivity index is 1.35. The lowest BCUT2D eigenvalue weighted by molar-refractivity contribution is -0.139. The second-order valence-corrected chi connectivity index (χ2v) is 12.1. The van der Waals surface area contributed by atoms with Crippen molar-refractivity contribution >= 4 is 23.6 Å². The molecule has 0 radical (unpaired) electrons. The molecule has 2 amide bonds. The summed E-state index contributed by atoms with van der Waals surface area (Å²) in [5.41, 5.74) is 7.68. The number of carbonyl (C=O) groups is 2. The molecule has 41 heavy (non-hydrogen) atoms. The van der Waals surface area contributed by atoms with Crippen LogP contribution in [-0.4, -0.2) is 87.6 Å². The van der Waals surface area contributed by atoms with Crippen LogP contribution in [0.1, 0.15) is 42.5 Å². The fourth-order valence-corrected chi connectivity index (χ4v) is 6.99. The molecule has 0 aliphatic carbocycles. The predicted octanol–water partition coefficient (Wildman–Crippen LogP) is 2.49. The Labute approximate surface area is 241 Å². The van der Waals surface area contributed by atoms with Crippen molar-refractivity contribution in [2.75, 3.05) is 45.0 Å². The topological polar surface area (TPSA) is 117 Å². The van der Waals surface area contributed by atoms with Gasteiger partial charge in [0.2, 0.25) is 11.8 Å². The maximum atomic E-state index is 13.9. The largest absolute Gasteiger partial charge is 0.417 e. The van der Waals surface area contributed by atoms with E-state index in [-0.39, 0.29) is 34.9 Å². The van der Waals surface area contributed by atoms with Crippen molar-refractivity contribution in [2.24, 2.45) is 11.7 Å². The maximum absolute atomic E-state index is 13.9. The number of alkyl halides is 3. The molecule has 3 aliphatic rings. The summed E-state index contributed by atoms with van der Waals surface area (Å²) in [5.74, 6) is -0.604. The van der Waals surface area contributed by atoms with Crippen LogP contribution in [0.4, 0.5) is 13.2 Å². The number of piperidine rings is 1. The number of amides is 2. The molecule has 1 aromatic carbocycles. The number of aliphatic hydroxyl groups is 1. The summed E-state index contributed by atoms with van der Waals surface area (Å²) in [6.07, 6.45) is -1.38. The number of nitrogens with two attached hydrogens (primary N) is 1. The van der Waals surface area contributed by atoms with E-state index in [0.717, 1.165) is 48.5 Å². The summed E-state index contributed by atoms with van der Waals surface area (Å²) in [4.78, 5) is 27.9. The van der Waals surface area contributed by atoms with Gasteiger partial charge in [-0.1, -0.05) is 6.07 Å². The van der Waals surface area contributed by atoms with Gasteiger partial charge in [-0.25, -0.2) is 0 Å². The lowest BCUT2D eigenvalue weighted by Crippen LogP contribution is -2.42. The number of halogens is 3. The molecule has 0 bridgehead atoms. The highest BCUT2D eigenvalue weighted by Gasteiger charge is 2.35. The van der Waals surface area contributed by atoms with Gasteiger partial charge in [-0.2, -0.15) is 18.3 Å². The zero-order valence-electron chi connectivity index (χ0n) is 23.0. The lowest BCUT2D eigenvalue weighted by Gasteiger charge is -2.32. The third-order valence-electron chi connectivity index (χ3n) is 8.22. The number of fused-ring (bicyclic) bond motifs is 1. The molecule has 2 fully saturated rings. The van der Waals surface area contributed by atoms with E-state index in [9.17, 15) is 27.9 Å². The molecule has 0 saturated carbocycles. The number of primary amides is 1. The molecule has 2 aromatic rings.